The Morgan fingerprint density at radius 1 is 1.57 bits per heavy atom. The second-order valence-corrected chi connectivity index (χ2v) is 7.42. The molecule has 0 aromatic carbocycles. The van der Waals surface area contributed by atoms with Crippen molar-refractivity contribution in [3.63, 3.8) is 0 Å². The van der Waals surface area contributed by atoms with Crippen molar-refractivity contribution in [1.82, 2.24) is 10.3 Å². The van der Waals surface area contributed by atoms with Gasteiger partial charge in [-0.1, -0.05) is 12.8 Å². The number of aliphatic hydroxyl groups is 1. The number of hydrogen-bond donors (Lipinski definition) is 4. The van der Waals surface area contributed by atoms with Crippen LogP contribution >= 0.6 is 23.6 Å². The van der Waals surface area contributed by atoms with Gasteiger partial charge in [0.25, 0.3) is 0 Å². The molecule has 1 aromatic heterocycles. The van der Waals surface area contributed by atoms with Crippen molar-refractivity contribution in [2.24, 2.45) is 11.7 Å². The minimum absolute atomic E-state index is 0.188. The Morgan fingerprint density at radius 3 is 2.90 bits per heavy atom. The van der Waals surface area contributed by atoms with Gasteiger partial charge in [-0.15, -0.1) is 11.3 Å². The van der Waals surface area contributed by atoms with E-state index in [2.05, 4.69) is 15.6 Å². The minimum atomic E-state index is -1.00. The number of anilines is 1. The van der Waals surface area contributed by atoms with Gasteiger partial charge in [0.1, 0.15) is 0 Å². The van der Waals surface area contributed by atoms with Gasteiger partial charge in [-0.05, 0) is 36.3 Å². The lowest BCUT2D eigenvalue weighted by Gasteiger charge is -2.59. The topological polar surface area (TPSA) is 83.2 Å². The monoisotopic (exact) mass is 322 g/mol. The summed E-state index contributed by atoms with van der Waals surface area (Å²) in [5.74, 6) is 0.188. The van der Waals surface area contributed by atoms with Crippen molar-refractivity contribution >= 4 is 41.6 Å². The molecule has 1 heterocycles. The number of nitrogens with zero attached hydrogens (tertiary/aromatic N) is 1. The fourth-order valence-electron chi connectivity index (χ4n) is 3.62. The highest BCUT2D eigenvalue weighted by molar-refractivity contribution is 7.80. The Bertz CT molecular complexity index is 518. The van der Waals surface area contributed by atoms with Crippen molar-refractivity contribution in [3.05, 3.63) is 11.6 Å². The lowest BCUT2D eigenvalue weighted by molar-refractivity contribution is -0.104. The predicted molar refractivity (Wildman–Crippen MR) is 89.7 cm³/mol. The average Bonchev–Trinajstić information content (AvgIpc) is 2.96. The van der Waals surface area contributed by atoms with Crippen LogP contribution in [-0.4, -0.2) is 41.2 Å². The van der Waals surface area contributed by atoms with Gasteiger partial charge in [0.15, 0.2) is 10.2 Å². The zero-order valence-electron chi connectivity index (χ0n) is 11.7. The Balaban J connectivity index is 1.62. The van der Waals surface area contributed by atoms with E-state index in [-0.39, 0.29) is 5.92 Å². The number of hydrogen-bond acceptors (Lipinski definition) is 5. The first-order valence-corrected chi connectivity index (χ1v) is 8.44. The zero-order chi connectivity index (χ0) is 15.1. The summed E-state index contributed by atoms with van der Waals surface area (Å²) in [4.78, 5) is 4.11. The molecule has 3 fully saturated rings. The van der Waals surface area contributed by atoms with E-state index in [0.717, 1.165) is 30.8 Å². The molecule has 2 atom stereocenters. The predicted octanol–water partition coefficient (Wildman–Crippen LogP) is 1.02. The van der Waals surface area contributed by atoms with Gasteiger partial charge in [-0.2, -0.15) is 0 Å². The summed E-state index contributed by atoms with van der Waals surface area (Å²) in [7, 11) is 6.36. The molecular weight excluding hydrogens is 303 g/mol. The van der Waals surface area contributed by atoms with E-state index < -0.39 is 17.0 Å². The number of nitrogens with two attached hydrogens (primary N) is 1. The van der Waals surface area contributed by atoms with Gasteiger partial charge in [-0.25, -0.2) is 4.98 Å². The van der Waals surface area contributed by atoms with Crippen LogP contribution in [0.4, 0.5) is 5.13 Å². The van der Waals surface area contributed by atoms with Gasteiger partial charge in [-0.3, -0.25) is 0 Å². The third kappa shape index (κ3) is 2.70. The summed E-state index contributed by atoms with van der Waals surface area (Å²) in [6, 6.07) is -0.423. The van der Waals surface area contributed by atoms with Crippen LogP contribution in [0.2, 0.25) is 5.31 Å². The largest absolute Gasteiger partial charge is 0.386 e. The van der Waals surface area contributed by atoms with Crippen molar-refractivity contribution < 1.29 is 5.11 Å². The summed E-state index contributed by atoms with van der Waals surface area (Å²) >= 11 is 6.70. The van der Waals surface area contributed by atoms with Crippen molar-refractivity contribution in [1.29, 1.82) is 0 Å². The number of nitrogens with one attached hydrogen (secondary N) is 2. The standard InChI is InChI=1S/C13H19BN4OS2/c14-12-3-1-8(2-4-12)13(19,9(12)15)7-17-10(20)18-11-16-5-6-21-11/h5-6,8-9,19H,1-4,7,15H2,(H2,16,17,18,20). The summed E-state index contributed by atoms with van der Waals surface area (Å²) in [5.41, 5.74) is 5.27. The van der Waals surface area contributed by atoms with Crippen molar-refractivity contribution in [2.45, 2.75) is 42.6 Å². The highest BCUT2D eigenvalue weighted by Gasteiger charge is 2.56. The van der Waals surface area contributed by atoms with Crippen LogP contribution in [0, 0.1) is 5.92 Å². The van der Waals surface area contributed by atoms with Crippen LogP contribution in [0.15, 0.2) is 11.6 Å². The van der Waals surface area contributed by atoms with E-state index in [4.69, 9.17) is 25.8 Å². The van der Waals surface area contributed by atoms with Crippen LogP contribution in [0.1, 0.15) is 25.7 Å². The maximum atomic E-state index is 11.0. The molecular formula is C13H19BN4OS2. The van der Waals surface area contributed by atoms with Crippen LogP contribution in [0.3, 0.4) is 0 Å². The smallest absolute Gasteiger partial charge is 0.188 e. The second kappa shape index (κ2) is 5.50. The molecule has 1 aromatic rings. The van der Waals surface area contributed by atoms with Gasteiger partial charge in [0, 0.05) is 24.2 Å². The fraction of sp³-hybridized carbons (Fsp3) is 0.692. The number of thiazole rings is 1. The van der Waals surface area contributed by atoms with E-state index >= 15 is 0 Å². The molecule has 4 rings (SSSR count). The lowest BCUT2D eigenvalue weighted by Crippen LogP contribution is -2.68. The van der Waals surface area contributed by atoms with Crippen LogP contribution in [0.25, 0.3) is 0 Å². The second-order valence-electron chi connectivity index (χ2n) is 6.12. The minimum Gasteiger partial charge on any atom is -0.386 e. The van der Waals surface area contributed by atoms with Gasteiger partial charge >= 0.3 is 0 Å². The molecule has 21 heavy (non-hydrogen) atoms. The number of fused-ring (bicyclic) bond motifs is 3. The van der Waals surface area contributed by atoms with Crippen LogP contribution < -0.4 is 16.4 Å². The third-order valence-corrected chi connectivity index (χ3v) is 5.90. The molecule has 2 bridgehead atoms. The lowest BCUT2D eigenvalue weighted by atomic mass is 9.44. The number of aromatic nitrogens is 1. The Hall–Kier alpha value is -0.695. The van der Waals surface area contributed by atoms with Gasteiger partial charge < -0.3 is 21.5 Å². The fourth-order valence-corrected chi connectivity index (χ4v) is 4.39. The maximum absolute atomic E-state index is 11.0. The highest BCUT2D eigenvalue weighted by atomic mass is 32.1. The molecule has 0 amide bonds. The summed E-state index contributed by atoms with van der Waals surface area (Å²) in [6.45, 7) is 0.314. The first-order valence-electron chi connectivity index (χ1n) is 7.15. The molecule has 3 aliphatic carbocycles. The molecule has 3 saturated carbocycles. The molecule has 112 valence electrons. The van der Waals surface area contributed by atoms with E-state index in [0.29, 0.717) is 11.7 Å². The van der Waals surface area contributed by atoms with Gasteiger partial charge in [0.2, 0.25) is 0 Å². The Kier molecular flexibility index (Phi) is 3.98. The maximum Gasteiger partial charge on any atom is 0.188 e. The van der Waals surface area contributed by atoms with Gasteiger partial charge in [0.05, 0.1) is 13.4 Å². The molecule has 3 aliphatic rings. The Morgan fingerprint density at radius 2 is 2.29 bits per heavy atom. The summed E-state index contributed by atoms with van der Waals surface area (Å²) in [6.07, 6.45) is 5.34. The summed E-state index contributed by atoms with van der Waals surface area (Å²) in [5, 5.41) is 19.6. The molecule has 5 N–H and O–H groups in total. The molecule has 5 nitrogen and oxygen atoms in total. The van der Waals surface area contributed by atoms with Crippen molar-refractivity contribution in [3.8, 4) is 0 Å². The Labute approximate surface area is 135 Å². The normalized spacial score (nSPS) is 38.2. The van der Waals surface area contributed by atoms with Crippen LogP contribution in [0.5, 0.6) is 0 Å². The highest BCUT2D eigenvalue weighted by Crippen LogP contribution is 2.56. The van der Waals surface area contributed by atoms with E-state index in [9.17, 15) is 5.11 Å². The van der Waals surface area contributed by atoms with Crippen molar-refractivity contribution in [2.75, 3.05) is 11.9 Å². The first-order chi connectivity index (χ1) is 9.94. The summed E-state index contributed by atoms with van der Waals surface area (Å²) < 4.78 is 0. The average molecular weight is 322 g/mol. The molecule has 0 saturated heterocycles. The van der Waals surface area contributed by atoms with E-state index in [1.165, 1.54) is 11.3 Å². The van der Waals surface area contributed by atoms with Crippen LogP contribution in [-0.2, 0) is 0 Å². The SMILES string of the molecule is [B]C12CCC(CC1)C(O)(CNC(=S)Nc1nccs1)C2N. The molecule has 2 radical (unpaired) electrons. The first kappa shape index (κ1) is 15.2. The molecule has 8 heteroatoms. The molecule has 0 spiro atoms. The third-order valence-electron chi connectivity index (χ3n) is 4.97. The van der Waals surface area contributed by atoms with E-state index in [1.807, 2.05) is 5.38 Å². The number of thiocarbonyl (C=S) groups is 1. The quantitative estimate of drug-likeness (QED) is 0.491. The number of rotatable bonds is 3. The zero-order valence-corrected chi connectivity index (χ0v) is 13.3. The van der Waals surface area contributed by atoms with E-state index in [1.54, 1.807) is 6.20 Å². The molecule has 0 aliphatic heterocycles. The molecule has 2 unspecified atom stereocenters.